The van der Waals surface area contributed by atoms with E-state index in [0.717, 1.165) is 24.3 Å². The lowest BCUT2D eigenvalue weighted by Crippen LogP contribution is -2.11. The largest absolute Gasteiger partial charge is 0.417 e. The minimum atomic E-state index is -4.94. The lowest BCUT2D eigenvalue weighted by atomic mass is 9.93. The van der Waals surface area contributed by atoms with Crippen LogP contribution in [0.5, 0.6) is 0 Å². The molecule has 0 aliphatic rings. The van der Waals surface area contributed by atoms with Gasteiger partial charge >= 0.3 is 12.4 Å². The molecule has 0 saturated carbocycles. The Morgan fingerprint density at radius 3 is 1.15 bits per heavy atom. The topological polar surface area (TPSA) is 76.8 Å². The third kappa shape index (κ3) is 6.51. The van der Waals surface area contributed by atoms with Gasteiger partial charge in [0.1, 0.15) is 0 Å². The van der Waals surface area contributed by atoms with E-state index in [4.69, 9.17) is 11.5 Å². The maximum absolute atomic E-state index is 14.1. The molecule has 0 unspecified atom stereocenters. The molecule has 0 amide bonds. The highest BCUT2D eigenvalue weighted by atomic mass is 19.4. The summed E-state index contributed by atoms with van der Waals surface area (Å²) in [7, 11) is 0. The maximum Gasteiger partial charge on any atom is 0.417 e. The van der Waals surface area contributed by atoms with E-state index in [1.54, 1.807) is 62.4 Å². The molecule has 4 rings (SSSR count). The Labute approximate surface area is 226 Å². The van der Waals surface area contributed by atoms with E-state index in [1.807, 2.05) is 0 Å². The number of aliphatic imine (C=N–C) groups is 2. The predicted molar refractivity (Wildman–Crippen MR) is 147 cm³/mol. The highest BCUT2D eigenvalue weighted by Crippen LogP contribution is 2.45. The fourth-order valence-corrected chi connectivity index (χ4v) is 4.11. The van der Waals surface area contributed by atoms with Crippen LogP contribution < -0.4 is 11.5 Å². The van der Waals surface area contributed by atoms with Gasteiger partial charge in [-0.2, -0.15) is 26.3 Å². The van der Waals surface area contributed by atoms with Crippen molar-refractivity contribution in [3.8, 4) is 11.1 Å². The van der Waals surface area contributed by atoms with Crippen LogP contribution in [0.15, 0.2) is 94.9 Å². The van der Waals surface area contributed by atoms with Crippen LogP contribution in [0.2, 0.25) is 0 Å². The lowest BCUT2D eigenvalue weighted by Gasteiger charge is -2.18. The van der Waals surface area contributed by atoms with E-state index >= 15 is 0 Å². The minimum Gasteiger partial charge on any atom is -0.399 e. The normalized spacial score (nSPS) is 13.0. The van der Waals surface area contributed by atoms with Gasteiger partial charge in [0, 0.05) is 22.8 Å². The molecular formula is C30H24F6N4. The average Bonchev–Trinajstić information content (AvgIpc) is 2.88. The zero-order chi connectivity index (χ0) is 29.2. The van der Waals surface area contributed by atoms with Gasteiger partial charge in [0.25, 0.3) is 0 Å². The van der Waals surface area contributed by atoms with Crippen LogP contribution in [0.25, 0.3) is 11.1 Å². The van der Waals surface area contributed by atoms with Crippen LogP contribution in [0.4, 0.5) is 49.1 Å². The van der Waals surface area contributed by atoms with Crippen molar-refractivity contribution in [3.05, 3.63) is 107 Å². The fraction of sp³-hybridized carbons (Fsp3) is 0.133. The quantitative estimate of drug-likeness (QED) is 0.147. The van der Waals surface area contributed by atoms with Gasteiger partial charge < -0.3 is 11.5 Å². The third-order valence-corrected chi connectivity index (χ3v) is 6.16. The molecule has 0 aliphatic heterocycles. The maximum atomic E-state index is 14.1. The second-order valence-corrected chi connectivity index (χ2v) is 9.09. The average molecular weight is 555 g/mol. The van der Waals surface area contributed by atoms with Crippen LogP contribution in [-0.4, -0.2) is 11.4 Å². The molecule has 0 fully saturated rings. The second kappa shape index (κ2) is 10.9. The van der Waals surface area contributed by atoms with Crippen molar-refractivity contribution >= 4 is 34.2 Å². The number of benzene rings is 4. The van der Waals surface area contributed by atoms with Crippen molar-refractivity contribution in [3.63, 3.8) is 0 Å². The van der Waals surface area contributed by atoms with Crippen molar-refractivity contribution in [1.29, 1.82) is 0 Å². The summed E-state index contributed by atoms with van der Waals surface area (Å²) in [5.74, 6) is 0. The Hall–Kier alpha value is -4.60. The van der Waals surface area contributed by atoms with Gasteiger partial charge in [-0.3, -0.25) is 9.98 Å². The third-order valence-electron chi connectivity index (χ3n) is 6.16. The fourth-order valence-electron chi connectivity index (χ4n) is 4.11. The molecule has 4 aromatic carbocycles. The van der Waals surface area contributed by atoms with Crippen molar-refractivity contribution in [2.75, 3.05) is 11.5 Å². The van der Waals surface area contributed by atoms with Gasteiger partial charge in [-0.15, -0.1) is 0 Å². The number of hydrogen-bond donors (Lipinski definition) is 2. The van der Waals surface area contributed by atoms with Crippen LogP contribution in [0.3, 0.4) is 0 Å². The highest BCUT2D eigenvalue weighted by Gasteiger charge is 2.38. The summed E-state index contributed by atoms with van der Waals surface area (Å²) in [6.07, 6.45) is -9.89. The van der Waals surface area contributed by atoms with Gasteiger partial charge in [-0.05, 0) is 84.6 Å². The number of nitrogens with two attached hydrogens (primary N) is 2. The molecule has 0 heterocycles. The summed E-state index contributed by atoms with van der Waals surface area (Å²) in [5, 5.41) is 0. The summed E-state index contributed by atoms with van der Waals surface area (Å²) >= 11 is 0. The number of hydrogen-bond acceptors (Lipinski definition) is 4. The Bertz CT molecular complexity index is 1460. The molecule has 0 bridgehead atoms. The SMILES string of the molecule is CC(=Nc1ccc(-c2ccc(N=C(C)c3ccc(N)cc3)cc2C(F)(F)F)c(C(F)(F)F)c1)c1ccc(N)cc1. The molecule has 0 saturated heterocycles. The molecule has 206 valence electrons. The van der Waals surface area contributed by atoms with Crippen LogP contribution in [0, 0.1) is 0 Å². The van der Waals surface area contributed by atoms with Crippen molar-refractivity contribution in [1.82, 2.24) is 0 Å². The molecule has 0 aromatic heterocycles. The molecule has 40 heavy (non-hydrogen) atoms. The lowest BCUT2D eigenvalue weighted by molar-refractivity contribution is -0.139. The number of nitrogens with zero attached hydrogens (tertiary/aromatic N) is 2. The molecule has 4 aromatic rings. The van der Waals surface area contributed by atoms with E-state index in [2.05, 4.69) is 9.98 Å². The van der Waals surface area contributed by atoms with Crippen LogP contribution in [-0.2, 0) is 12.4 Å². The van der Waals surface area contributed by atoms with Crippen molar-refractivity contribution < 1.29 is 26.3 Å². The summed E-state index contributed by atoms with van der Waals surface area (Å²) in [4.78, 5) is 8.50. The van der Waals surface area contributed by atoms with Crippen molar-refractivity contribution in [2.24, 2.45) is 9.98 Å². The van der Waals surface area contributed by atoms with E-state index < -0.39 is 34.6 Å². The van der Waals surface area contributed by atoms with Gasteiger partial charge in [0.2, 0.25) is 0 Å². The molecule has 0 aliphatic carbocycles. The number of alkyl halides is 6. The number of rotatable bonds is 5. The van der Waals surface area contributed by atoms with Gasteiger partial charge in [0.15, 0.2) is 0 Å². The first-order chi connectivity index (χ1) is 18.7. The molecular weight excluding hydrogens is 530 g/mol. The monoisotopic (exact) mass is 554 g/mol. The second-order valence-electron chi connectivity index (χ2n) is 9.09. The molecule has 4 nitrogen and oxygen atoms in total. The molecule has 0 spiro atoms. The minimum absolute atomic E-state index is 0.0562. The first-order valence-electron chi connectivity index (χ1n) is 12.0. The van der Waals surface area contributed by atoms with E-state index in [0.29, 0.717) is 33.9 Å². The van der Waals surface area contributed by atoms with E-state index in [1.165, 1.54) is 12.1 Å². The standard InChI is InChI=1S/C30H24F6N4/c1-17(19-3-7-21(37)8-4-19)39-23-11-13-25(27(15-23)29(31,32)33)26-14-12-24(16-28(26)30(34,35)36)40-18(2)20-5-9-22(38)10-6-20/h3-16H,37-38H2,1-2H3. The van der Waals surface area contributed by atoms with Gasteiger partial charge in [0.05, 0.1) is 22.5 Å². The zero-order valence-electron chi connectivity index (χ0n) is 21.4. The predicted octanol–water partition coefficient (Wildman–Crippen LogP) is 8.84. The van der Waals surface area contributed by atoms with Crippen molar-refractivity contribution in [2.45, 2.75) is 26.2 Å². The summed E-state index contributed by atoms with van der Waals surface area (Å²) < 4.78 is 84.8. The Balaban J connectivity index is 1.80. The molecule has 10 heteroatoms. The number of anilines is 2. The molecule has 0 atom stereocenters. The van der Waals surface area contributed by atoms with E-state index in [-0.39, 0.29) is 11.4 Å². The van der Waals surface area contributed by atoms with Gasteiger partial charge in [-0.1, -0.05) is 36.4 Å². The Morgan fingerprint density at radius 1 is 0.525 bits per heavy atom. The molecule has 0 radical (unpaired) electrons. The highest BCUT2D eigenvalue weighted by molar-refractivity contribution is 6.01. The summed E-state index contributed by atoms with van der Waals surface area (Å²) in [6.45, 7) is 3.22. The first-order valence-corrected chi connectivity index (χ1v) is 12.0. The number of halogens is 6. The summed E-state index contributed by atoms with van der Waals surface area (Å²) in [5.41, 5.74) is 10.6. The van der Waals surface area contributed by atoms with Gasteiger partial charge in [-0.25, -0.2) is 0 Å². The smallest absolute Gasteiger partial charge is 0.399 e. The number of nitrogen functional groups attached to an aromatic ring is 2. The molecule has 4 N–H and O–H groups in total. The Kier molecular flexibility index (Phi) is 7.72. The Morgan fingerprint density at radius 2 is 0.850 bits per heavy atom. The summed E-state index contributed by atoms with van der Waals surface area (Å²) in [6, 6.07) is 19.2. The van der Waals surface area contributed by atoms with Crippen LogP contribution >= 0.6 is 0 Å². The van der Waals surface area contributed by atoms with Crippen LogP contribution in [0.1, 0.15) is 36.1 Å². The first kappa shape index (κ1) is 28.4. The zero-order valence-corrected chi connectivity index (χ0v) is 21.4. The van der Waals surface area contributed by atoms with E-state index in [9.17, 15) is 26.3 Å².